The third kappa shape index (κ3) is 2.83. The Morgan fingerprint density at radius 3 is 2.83 bits per heavy atom. The van der Waals surface area contributed by atoms with E-state index in [0.717, 1.165) is 48.7 Å². The Labute approximate surface area is 140 Å². The van der Waals surface area contributed by atoms with Crippen LogP contribution in [-0.2, 0) is 4.74 Å². The van der Waals surface area contributed by atoms with Crippen LogP contribution in [0.5, 0.6) is 5.75 Å². The Morgan fingerprint density at radius 2 is 2.08 bits per heavy atom. The number of anilines is 1. The molecule has 0 aliphatic carbocycles. The molecule has 1 fully saturated rings. The Morgan fingerprint density at radius 1 is 1.25 bits per heavy atom. The van der Waals surface area contributed by atoms with E-state index in [4.69, 9.17) is 9.72 Å². The molecule has 0 radical (unpaired) electrons. The maximum absolute atomic E-state index is 9.54. The van der Waals surface area contributed by atoms with Gasteiger partial charge in [-0.25, -0.2) is 4.98 Å². The first-order chi connectivity index (χ1) is 11.7. The third-order valence-corrected chi connectivity index (χ3v) is 4.43. The first-order valence-corrected chi connectivity index (χ1v) is 8.34. The molecular weight excluding hydrogens is 302 g/mol. The first-order valence-electron chi connectivity index (χ1n) is 8.34. The molecule has 5 heteroatoms. The SMILES string of the molecule is Cc1ccc2nc(-c3ccc(O)cc3)c(NC[C@H]3CCCO3)n2c1. The van der Waals surface area contributed by atoms with Crippen molar-refractivity contribution in [3.8, 4) is 17.0 Å². The minimum absolute atomic E-state index is 0.257. The molecule has 0 spiro atoms. The summed E-state index contributed by atoms with van der Waals surface area (Å²) in [7, 11) is 0. The van der Waals surface area contributed by atoms with Crippen molar-refractivity contribution in [1.29, 1.82) is 0 Å². The average molecular weight is 323 g/mol. The number of phenolic OH excluding ortho intramolecular Hbond substituents is 1. The van der Waals surface area contributed by atoms with E-state index in [1.54, 1.807) is 12.1 Å². The predicted octanol–water partition coefficient (Wildman–Crippen LogP) is 3.61. The smallest absolute Gasteiger partial charge is 0.139 e. The van der Waals surface area contributed by atoms with Gasteiger partial charge in [0.15, 0.2) is 0 Å². The fraction of sp³-hybridized carbons (Fsp3) is 0.316. The Hall–Kier alpha value is -2.53. The molecule has 4 rings (SSSR count). The second kappa shape index (κ2) is 6.17. The van der Waals surface area contributed by atoms with Gasteiger partial charge in [-0.15, -0.1) is 0 Å². The van der Waals surface area contributed by atoms with Crippen molar-refractivity contribution < 1.29 is 9.84 Å². The van der Waals surface area contributed by atoms with E-state index >= 15 is 0 Å². The van der Waals surface area contributed by atoms with Gasteiger partial charge in [-0.2, -0.15) is 0 Å². The number of aromatic nitrogens is 2. The van der Waals surface area contributed by atoms with Gasteiger partial charge in [0.2, 0.25) is 0 Å². The number of pyridine rings is 1. The van der Waals surface area contributed by atoms with E-state index in [0.29, 0.717) is 0 Å². The van der Waals surface area contributed by atoms with Crippen LogP contribution in [0.2, 0.25) is 0 Å². The average Bonchev–Trinajstić information content (AvgIpc) is 3.21. The normalized spacial score (nSPS) is 17.5. The molecule has 1 aliphatic rings. The molecule has 1 aliphatic heterocycles. The highest BCUT2D eigenvalue weighted by atomic mass is 16.5. The lowest BCUT2D eigenvalue weighted by Gasteiger charge is -2.13. The lowest BCUT2D eigenvalue weighted by atomic mass is 10.1. The summed E-state index contributed by atoms with van der Waals surface area (Å²) in [6, 6.07) is 11.2. The molecule has 3 heterocycles. The van der Waals surface area contributed by atoms with Gasteiger partial charge in [0.25, 0.3) is 0 Å². The van der Waals surface area contributed by atoms with E-state index in [1.165, 1.54) is 5.56 Å². The number of aromatic hydroxyl groups is 1. The second-order valence-corrected chi connectivity index (χ2v) is 6.31. The van der Waals surface area contributed by atoms with Crippen LogP contribution in [0.3, 0.4) is 0 Å². The molecule has 5 nitrogen and oxygen atoms in total. The minimum atomic E-state index is 0.257. The Bertz CT molecular complexity index is 849. The summed E-state index contributed by atoms with van der Waals surface area (Å²) in [5.74, 6) is 1.22. The van der Waals surface area contributed by atoms with Crippen molar-refractivity contribution in [2.24, 2.45) is 0 Å². The molecule has 0 amide bonds. The van der Waals surface area contributed by atoms with Crippen molar-refractivity contribution in [3.05, 3.63) is 48.2 Å². The van der Waals surface area contributed by atoms with Crippen LogP contribution in [0.1, 0.15) is 18.4 Å². The largest absolute Gasteiger partial charge is 0.508 e. The molecule has 2 N–H and O–H groups in total. The highest BCUT2D eigenvalue weighted by Gasteiger charge is 2.19. The molecule has 3 aromatic rings. The van der Waals surface area contributed by atoms with Gasteiger partial charge < -0.3 is 15.2 Å². The number of nitrogens with zero attached hydrogens (tertiary/aromatic N) is 2. The van der Waals surface area contributed by atoms with E-state index in [2.05, 4.69) is 28.9 Å². The third-order valence-electron chi connectivity index (χ3n) is 4.43. The van der Waals surface area contributed by atoms with Crippen LogP contribution in [0.15, 0.2) is 42.6 Å². The first kappa shape index (κ1) is 15.0. The summed E-state index contributed by atoms with van der Waals surface area (Å²) in [6.07, 6.45) is 4.57. The molecule has 1 aromatic carbocycles. The fourth-order valence-electron chi connectivity index (χ4n) is 3.16. The molecule has 1 saturated heterocycles. The summed E-state index contributed by atoms with van der Waals surface area (Å²) in [5.41, 5.74) is 3.94. The number of benzene rings is 1. The van der Waals surface area contributed by atoms with Gasteiger partial charge in [0, 0.05) is 24.9 Å². The molecule has 0 saturated carbocycles. The van der Waals surface area contributed by atoms with Crippen LogP contribution >= 0.6 is 0 Å². The van der Waals surface area contributed by atoms with E-state index in [9.17, 15) is 5.11 Å². The number of rotatable bonds is 4. The number of imidazole rings is 1. The minimum Gasteiger partial charge on any atom is -0.508 e. The zero-order valence-corrected chi connectivity index (χ0v) is 13.7. The van der Waals surface area contributed by atoms with Gasteiger partial charge in [-0.1, -0.05) is 6.07 Å². The van der Waals surface area contributed by atoms with Gasteiger partial charge >= 0.3 is 0 Å². The number of phenols is 1. The summed E-state index contributed by atoms with van der Waals surface area (Å²) < 4.78 is 7.81. The number of ether oxygens (including phenoxy) is 1. The number of hydrogen-bond donors (Lipinski definition) is 2. The van der Waals surface area contributed by atoms with Crippen LogP contribution < -0.4 is 5.32 Å². The van der Waals surface area contributed by atoms with Crippen LogP contribution in [0, 0.1) is 6.92 Å². The predicted molar refractivity (Wildman–Crippen MR) is 94.5 cm³/mol. The zero-order valence-electron chi connectivity index (χ0n) is 13.7. The standard InChI is InChI=1S/C19H21N3O2/c1-13-4-9-17-21-18(14-5-7-15(23)8-6-14)19(22(17)12-13)20-11-16-3-2-10-24-16/h4-9,12,16,20,23H,2-3,10-11H2,1H3/t16-/m1/s1. The highest BCUT2D eigenvalue weighted by molar-refractivity contribution is 5.77. The lowest BCUT2D eigenvalue weighted by Crippen LogP contribution is -2.19. The summed E-state index contributed by atoms with van der Waals surface area (Å²) in [5, 5.41) is 13.1. The zero-order chi connectivity index (χ0) is 16.5. The quantitative estimate of drug-likeness (QED) is 0.770. The van der Waals surface area contributed by atoms with Gasteiger partial charge in [0.1, 0.15) is 22.9 Å². The topological polar surface area (TPSA) is 58.8 Å². The van der Waals surface area contributed by atoms with Crippen molar-refractivity contribution >= 4 is 11.5 Å². The van der Waals surface area contributed by atoms with Crippen LogP contribution in [-0.4, -0.2) is 33.7 Å². The van der Waals surface area contributed by atoms with Crippen LogP contribution in [0.4, 0.5) is 5.82 Å². The lowest BCUT2D eigenvalue weighted by molar-refractivity contribution is 0.120. The van der Waals surface area contributed by atoms with Gasteiger partial charge in [-0.3, -0.25) is 4.40 Å². The Balaban J connectivity index is 1.75. The van der Waals surface area contributed by atoms with Crippen LogP contribution in [0.25, 0.3) is 16.9 Å². The molecule has 0 bridgehead atoms. The maximum atomic E-state index is 9.54. The molecule has 124 valence electrons. The molecular formula is C19H21N3O2. The number of aryl methyl sites for hydroxylation is 1. The summed E-state index contributed by atoms with van der Waals surface area (Å²) >= 11 is 0. The number of nitrogens with one attached hydrogen (secondary N) is 1. The van der Waals surface area contributed by atoms with Crippen molar-refractivity contribution in [1.82, 2.24) is 9.38 Å². The van der Waals surface area contributed by atoms with Gasteiger partial charge in [0.05, 0.1) is 6.10 Å². The maximum Gasteiger partial charge on any atom is 0.139 e. The van der Waals surface area contributed by atoms with Crippen molar-refractivity contribution in [2.45, 2.75) is 25.9 Å². The highest BCUT2D eigenvalue weighted by Crippen LogP contribution is 2.30. The number of hydrogen-bond acceptors (Lipinski definition) is 4. The van der Waals surface area contributed by atoms with Crippen molar-refractivity contribution in [3.63, 3.8) is 0 Å². The molecule has 1 atom stereocenters. The monoisotopic (exact) mass is 323 g/mol. The molecule has 24 heavy (non-hydrogen) atoms. The fourth-order valence-corrected chi connectivity index (χ4v) is 3.16. The van der Waals surface area contributed by atoms with E-state index < -0.39 is 0 Å². The second-order valence-electron chi connectivity index (χ2n) is 6.31. The van der Waals surface area contributed by atoms with E-state index in [1.807, 2.05) is 18.2 Å². The summed E-state index contributed by atoms with van der Waals surface area (Å²) in [4.78, 5) is 4.78. The van der Waals surface area contributed by atoms with E-state index in [-0.39, 0.29) is 11.9 Å². The molecule has 2 aromatic heterocycles. The summed E-state index contributed by atoms with van der Waals surface area (Å²) in [6.45, 7) is 3.69. The van der Waals surface area contributed by atoms with Crippen molar-refractivity contribution in [2.75, 3.05) is 18.5 Å². The Kier molecular flexibility index (Phi) is 3.86. The van der Waals surface area contributed by atoms with Gasteiger partial charge in [-0.05, 0) is 55.7 Å². The number of fused-ring (bicyclic) bond motifs is 1. The molecule has 0 unspecified atom stereocenters.